The van der Waals surface area contributed by atoms with E-state index in [1.54, 1.807) is 24.8 Å². The third-order valence-electron chi connectivity index (χ3n) is 3.55. The van der Waals surface area contributed by atoms with Gasteiger partial charge in [-0.25, -0.2) is 4.98 Å². The summed E-state index contributed by atoms with van der Waals surface area (Å²) < 4.78 is 0.568. The van der Waals surface area contributed by atoms with E-state index in [-0.39, 0.29) is 11.9 Å². The number of hydrogen-bond donors (Lipinski definition) is 1. The molecule has 1 atom stereocenters. The van der Waals surface area contributed by atoms with Crippen LogP contribution in [0.25, 0.3) is 0 Å². The Labute approximate surface area is 122 Å². The molecule has 1 amide bonds. The molecule has 5 heteroatoms. The van der Waals surface area contributed by atoms with Gasteiger partial charge in [-0.1, -0.05) is 0 Å². The number of aliphatic hydroxyl groups is 1. The van der Waals surface area contributed by atoms with Gasteiger partial charge in [-0.15, -0.1) is 0 Å². The number of hydrogen-bond acceptors (Lipinski definition) is 3. The van der Waals surface area contributed by atoms with Gasteiger partial charge in [0.05, 0.1) is 17.2 Å². The summed E-state index contributed by atoms with van der Waals surface area (Å²) in [5.41, 5.74) is 0.544. The Morgan fingerprint density at radius 3 is 2.79 bits per heavy atom. The van der Waals surface area contributed by atoms with Crippen LogP contribution in [0.5, 0.6) is 0 Å². The molecule has 2 heterocycles. The quantitative estimate of drug-likeness (QED) is 0.850. The predicted octanol–water partition coefficient (Wildman–Crippen LogP) is 2.53. The molecule has 4 nitrogen and oxygen atoms in total. The van der Waals surface area contributed by atoms with Gasteiger partial charge in [0, 0.05) is 12.2 Å². The van der Waals surface area contributed by atoms with Crippen molar-refractivity contribution in [1.29, 1.82) is 0 Å². The third kappa shape index (κ3) is 2.98. The Morgan fingerprint density at radius 1 is 1.53 bits per heavy atom. The van der Waals surface area contributed by atoms with E-state index >= 15 is 0 Å². The number of aryl methyl sites for hydroxylation is 1. The lowest BCUT2D eigenvalue weighted by atomic mass is 9.96. The average Bonchev–Trinajstić information content (AvgIpc) is 2.76. The zero-order valence-electron chi connectivity index (χ0n) is 11.5. The molecule has 1 N–H and O–H groups in total. The van der Waals surface area contributed by atoms with Crippen molar-refractivity contribution in [3.8, 4) is 0 Å². The van der Waals surface area contributed by atoms with Crippen LogP contribution in [0.15, 0.2) is 16.7 Å². The van der Waals surface area contributed by atoms with Crippen LogP contribution < -0.4 is 0 Å². The summed E-state index contributed by atoms with van der Waals surface area (Å²) >= 11 is 3.34. The van der Waals surface area contributed by atoms with Crippen LogP contribution in [-0.4, -0.2) is 39.1 Å². The number of carbonyl (C=O) groups is 1. The lowest BCUT2D eigenvalue weighted by Crippen LogP contribution is -2.48. The van der Waals surface area contributed by atoms with Crippen LogP contribution in [0.4, 0.5) is 0 Å². The standard InChI is InChI=1S/C14H19BrN2O2/c1-9-6-7-10(12(15)16-9)13(18)17-8-4-5-11(17)14(2,3)19/h6-7,11,19H,4-5,8H2,1-3H3. The number of halogens is 1. The maximum Gasteiger partial charge on any atom is 0.256 e. The number of carbonyl (C=O) groups excluding carboxylic acids is 1. The van der Waals surface area contributed by atoms with Crippen molar-refractivity contribution in [2.45, 2.75) is 45.3 Å². The van der Waals surface area contributed by atoms with Gasteiger partial charge in [-0.2, -0.15) is 0 Å². The molecule has 1 aliphatic heterocycles. The van der Waals surface area contributed by atoms with Crippen LogP contribution in [0.1, 0.15) is 42.7 Å². The lowest BCUT2D eigenvalue weighted by Gasteiger charge is -2.34. The molecule has 1 aliphatic rings. The summed E-state index contributed by atoms with van der Waals surface area (Å²) in [4.78, 5) is 18.6. The van der Waals surface area contributed by atoms with Crippen molar-refractivity contribution in [3.63, 3.8) is 0 Å². The minimum Gasteiger partial charge on any atom is -0.388 e. The molecule has 1 fully saturated rings. The maximum absolute atomic E-state index is 12.6. The second-order valence-corrected chi connectivity index (χ2v) is 6.35. The third-order valence-corrected chi connectivity index (χ3v) is 4.15. The largest absolute Gasteiger partial charge is 0.388 e. The Kier molecular flexibility index (Phi) is 3.97. The van der Waals surface area contributed by atoms with Crippen LogP contribution in [0, 0.1) is 6.92 Å². The molecule has 0 bridgehead atoms. The molecule has 0 saturated carbocycles. The average molecular weight is 327 g/mol. The zero-order valence-corrected chi connectivity index (χ0v) is 13.1. The second-order valence-electron chi connectivity index (χ2n) is 5.60. The fraction of sp³-hybridized carbons (Fsp3) is 0.571. The van der Waals surface area contributed by atoms with E-state index in [0.717, 1.165) is 18.5 Å². The van der Waals surface area contributed by atoms with Gasteiger partial charge < -0.3 is 10.0 Å². The molecule has 0 aromatic carbocycles. The van der Waals surface area contributed by atoms with Gasteiger partial charge in [-0.3, -0.25) is 4.79 Å². The highest BCUT2D eigenvalue weighted by atomic mass is 79.9. The first-order valence-electron chi connectivity index (χ1n) is 6.47. The number of nitrogens with zero attached hydrogens (tertiary/aromatic N) is 2. The molecule has 1 aromatic heterocycles. The fourth-order valence-corrected chi connectivity index (χ4v) is 3.17. The van der Waals surface area contributed by atoms with Crippen molar-refractivity contribution >= 4 is 21.8 Å². The number of pyridine rings is 1. The maximum atomic E-state index is 12.6. The summed E-state index contributed by atoms with van der Waals surface area (Å²) in [6.07, 6.45) is 1.77. The number of aromatic nitrogens is 1. The second kappa shape index (κ2) is 5.21. The Bertz CT molecular complexity index is 497. The van der Waals surface area contributed by atoms with Gasteiger partial charge in [0.25, 0.3) is 5.91 Å². The minimum atomic E-state index is -0.878. The first-order valence-corrected chi connectivity index (χ1v) is 7.26. The van der Waals surface area contributed by atoms with Gasteiger partial charge in [-0.05, 0) is 61.7 Å². The van der Waals surface area contributed by atoms with Crippen LogP contribution in [-0.2, 0) is 0 Å². The molecule has 0 radical (unpaired) electrons. The Balaban J connectivity index is 2.28. The van der Waals surface area contributed by atoms with E-state index in [1.807, 2.05) is 13.0 Å². The van der Waals surface area contributed by atoms with E-state index in [0.29, 0.717) is 16.7 Å². The lowest BCUT2D eigenvalue weighted by molar-refractivity contribution is 0.000278. The van der Waals surface area contributed by atoms with E-state index in [4.69, 9.17) is 0 Å². The summed E-state index contributed by atoms with van der Waals surface area (Å²) in [6, 6.07) is 3.48. The summed E-state index contributed by atoms with van der Waals surface area (Å²) in [7, 11) is 0. The molecule has 2 rings (SSSR count). The van der Waals surface area contributed by atoms with E-state index in [9.17, 15) is 9.90 Å². The topological polar surface area (TPSA) is 53.4 Å². The van der Waals surface area contributed by atoms with Gasteiger partial charge >= 0.3 is 0 Å². The SMILES string of the molecule is Cc1ccc(C(=O)N2CCCC2C(C)(C)O)c(Br)n1. The van der Waals surface area contributed by atoms with Crippen molar-refractivity contribution in [1.82, 2.24) is 9.88 Å². The molecule has 104 valence electrons. The molecule has 0 aliphatic carbocycles. The molecule has 0 spiro atoms. The van der Waals surface area contributed by atoms with Gasteiger partial charge in [0.15, 0.2) is 0 Å². The predicted molar refractivity (Wildman–Crippen MR) is 77.0 cm³/mol. The minimum absolute atomic E-state index is 0.0657. The van der Waals surface area contributed by atoms with E-state index in [1.165, 1.54) is 0 Å². The molecular weight excluding hydrogens is 308 g/mol. The zero-order chi connectivity index (χ0) is 14.2. The summed E-state index contributed by atoms with van der Waals surface area (Å²) in [6.45, 7) is 6.08. The Hall–Kier alpha value is -0.940. The number of rotatable bonds is 2. The molecule has 1 unspecified atom stereocenters. The first-order chi connectivity index (χ1) is 8.80. The summed E-state index contributed by atoms with van der Waals surface area (Å²) in [5, 5.41) is 10.2. The van der Waals surface area contributed by atoms with Crippen LogP contribution >= 0.6 is 15.9 Å². The van der Waals surface area contributed by atoms with Gasteiger partial charge in [0.2, 0.25) is 0 Å². The first kappa shape index (κ1) is 14.5. The number of likely N-dealkylation sites (tertiary alicyclic amines) is 1. The van der Waals surface area contributed by atoms with Crippen LogP contribution in [0.2, 0.25) is 0 Å². The highest BCUT2D eigenvalue weighted by Gasteiger charge is 2.39. The van der Waals surface area contributed by atoms with Crippen molar-refractivity contribution in [3.05, 3.63) is 28.0 Å². The highest BCUT2D eigenvalue weighted by molar-refractivity contribution is 9.10. The van der Waals surface area contributed by atoms with Crippen molar-refractivity contribution in [2.75, 3.05) is 6.54 Å². The number of amides is 1. The van der Waals surface area contributed by atoms with Crippen molar-refractivity contribution in [2.24, 2.45) is 0 Å². The highest BCUT2D eigenvalue weighted by Crippen LogP contribution is 2.29. The molecule has 1 saturated heterocycles. The molecule has 1 aromatic rings. The van der Waals surface area contributed by atoms with Gasteiger partial charge in [0.1, 0.15) is 4.60 Å². The van der Waals surface area contributed by atoms with Crippen molar-refractivity contribution < 1.29 is 9.90 Å². The molecular formula is C14H19BrN2O2. The normalized spacial score (nSPS) is 19.8. The molecule has 19 heavy (non-hydrogen) atoms. The summed E-state index contributed by atoms with van der Waals surface area (Å²) in [5.74, 6) is -0.0657. The Morgan fingerprint density at radius 2 is 2.21 bits per heavy atom. The van der Waals surface area contributed by atoms with E-state index in [2.05, 4.69) is 20.9 Å². The monoisotopic (exact) mass is 326 g/mol. The smallest absolute Gasteiger partial charge is 0.256 e. The van der Waals surface area contributed by atoms with Crippen LogP contribution in [0.3, 0.4) is 0 Å². The fourth-order valence-electron chi connectivity index (χ4n) is 2.58. The van der Waals surface area contributed by atoms with E-state index < -0.39 is 5.60 Å².